The van der Waals surface area contributed by atoms with Gasteiger partial charge in [-0.05, 0) is 0 Å². The highest BCUT2D eigenvalue weighted by atomic mass is 35.5. The van der Waals surface area contributed by atoms with Gasteiger partial charge in [0.15, 0.2) is 5.15 Å². The molecule has 2 heterocycles. The molecule has 1 aliphatic rings. The monoisotopic (exact) mass is 327 g/mol. The standard InChI is InChI=1S/C12H14ClF4N3O/c1-11(14,15)9-10(13)19-8(4-18-9)20-3-2-12(16,17)7(5-20)6-21/h4,7,21H,2-3,5-6H2,1H3. The summed E-state index contributed by atoms with van der Waals surface area (Å²) in [7, 11) is 0. The zero-order chi connectivity index (χ0) is 15.8. The van der Waals surface area contributed by atoms with Crippen LogP contribution in [-0.2, 0) is 5.92 Å². The summed E-state index contributed by atoms with van der Waals surface area (Å²) in [6, 6.07) is 0. The van der Waals surface area contributed by atoms with Crippen LogP contribution in [0, 0.1) is 5.92 Å². The molecule has 0 amide bonds. The van der Waals surface area contributed by atoms with E-state index in [4.69, 9.17) is 16.7 Å². The van der Waals surface area contributed by atoms with Crippen LogP contribution in [0.5, 0.6) is 0 Å². The number of alkyl halides is 4. The van der Waals surface area contributed by atoms with Gasteiger partial charge in [-0.1, -0.05) is 11.6 Å². The zero-order valence-corrected chi connectivity index (χ0v) is 11.9. The third-order valence-corrected chi connectivity index (χ3v) is 3.69. The normalized spacial score (nSPS) is 22.4. The molecule has 1 N–H and O–H groups in total. The van der Waals surface area contributed by atoms with Gasteiger partial charge < -0.3 is 10.0 Å². The lowest BCUT2D eigenvalue weighted by molar-refractivity contribution is -0.0880. The predicted octanol–water partition coefficient (Wildman–Crippen LogP) is 2.70. The fraction of sp³-hybridized carbons (Fsp3) is 0.667. The van der Waals surface area contributed by atoms with E-state index in [0.717, 1.165) is 6.20 Å². The number of anilines is 1. The molecule has 0 radical (unpaired) electrons. The molecular formula is C12H14ClF4N3O. The van der Waals surface area contributed by atoms with Crippen molar-refractivity contribution in [2.75, 3.05) is 24.6 Å². The molecule has 1 aromatic rings. The topological polar surface area (TPSA) is 49.2 Å². The van der Waals surface area contributed by atoms with Crippen LogP contribution in [-0.4, -0.2) is 40.7 Å². The second-order valence-corrected chi connectivity index (χ2v) is 5.45. The summed E-state index contributed by atoms with van der Waals surface area (Å²) >= 11 is 5.68. The largest absolute Gasteiger partial charge is 0.396 e. The predicted molar refractivity (Wildman–Crippen MR) is 69.0 cm³/mol. The Morgan fingerprint density at radius 3 is 2.71 bits per heavy atom. The van der Waals surface area contributed by atoms with E-state index in [-0.39, 0.29) is 18.9 Å². The summed E-state index contributed by atoms with van der Waals surface area (Å²) in [5, 5.41) is 8.57. The van der Waals surface area contributed by atoms with Crippen molar-refractivity contribution in [3.05, 3.63) is 17.0 Å². The van der Waals surface area contributed by atoms with Crippen molar-refractivity contribution in [1.29, 1.82) is 0 Å². The van der Waals surface area contributed by atoms with E-state index in [0.29, 0.717) is 6.92 Å². The van der Waals surface area contributed by atoms with Crippen molar-refractivity contribution in [1.82, 2.24) is 9.97 Å². The van der Waals surface area contributed by atoms with E-state index in [2.05, 4.69) is 9.97 Å². The SMILES string of the molecule is CC(F)(F)c1ncc(N2CCC(F)(F)C(CO)C2)nc1Cl. The first-order chi connectivity index (χ1) is 9.65. The lowest BCUT2D eigenvalue weighted by Gasteiger charge is -2.38. The van der Waals surface area contributed by atoms with Crippen LogP contribution < -0.4 is 4.90 Å². The Hall–Kier alpha value is -1.15. The third-order valence-electron chi connectivity index (χ3n) is 3.43. The lowest BCUT2D eigenvalue weighted by atomic mass is 9.94. The quantitative estimate of drug-likeness (QED) is 0.867. The van der Waals surface area contributed by atoms with Crippen molar-refractivity contribution in [2.45, 2.75) is 25.2 Å². The highest BCUT2D eigenvalue weighted by molar-refractivity contribution is 6.30. The second kappa shape index (κ2) is 5.57. The number of aliphatic hydroxyl groups excluding tert-OH is 1. The first-order valence-electron chi connectivity index (χ1n) is 6.29. The van der Waals surface area contributed by atoms with Crippen molar-refractivity contribution in [2.24, 2.45) is 5.92 Å². The number of nitrogens with zero attached hydrogens (tertiary/aromatic N) is 3. The number of aliphatic hydroxyl groups is 1. The molecule has 118 valence electrons. The molecule has 1 saturated heterocycles. The second-order valence-electron chi connectivity index (χ2n) is 5.09. The average molecular weight is 328 g/mol. The Bertz CT molecular complexity index is 524. The molecule has 1 fully saturated rings. The molecule has 0 saturated carbocycles. The van der Waals surface area contributed by atoms with Crippen molar-refractivity contribution >= 4 is 17.4 Å². The Kier molecular flexibility index (Phi) is 4.30. The van der Waals surface area contributed by atoms with E-state index in [1.54, 1.807) is 0 Å². The number of aromatic nitrogens is 2. The van der Waals surface area contributed by atoms with Gasteiger partial charge in [-0.15, -0.1) is 0 Å². The minimum atomic E-state index is -3.23. The summed E-state index contributed by atoms with van der Waals surface area (Å²) in [4.78, 5) is 8.83. The maximum atomic E-state index is 13.5. The van der Waals surface area contributed by atoms with Gasteiger partial charge in [0.05, 0.1) is 18.7 Å². The summed E-state index contributed by atoms with van der Waals surface area (Å²) in [5.41, 5.74) is -0.658. The molecule has 1 aromatic heterocycles. The van der Waals surface area contributed by atoms with Crippen LogP contribution in [0.2, 0.25) is 5.15 Å². The Morgan fingerprint density at radius 1 is 1.52 bits per heavy atom. The van der Waals surface area contributed by atoms with Gasteiger partial charge in [0.25, 0.3) is 11.8 Å². The van der Waals surface area contributed by atoms with Gasteiger partial charge in [-0.2, -0.15) is 8.78 Å². The number of piperidine rings is 1. The lowest BCUT2D eigenvalue weighted by Crippen LogP contribution is -2.49. The Labute approximate surface area is 123 Å². The molecule has 0 aliphatic carbocycles. The molecule has 1 atom stereocenters. The van der Waals surface area contributed by atoms with Gasteiger partial charge in [0, 0.05) is 26.4 Å². The Morgan fingerprint density at radius 2 is 2.19 bits per heavy atom. The van der Waals surface area contributed by atoms with Crippen LogP contribution in [0.3, 0.4) is 0 Å². The summed E-state index contributed by atoms with van der Waals surface area (Å²) in [5.74, 6) is -7.29. The minimum Gasteiger partial charge on any atom is -0.396 e. The first kappa shape index (κ1) is 16.2. The third kappa shape index (κ3) is 3.37. The maximum Gasteiger partial charge on any atom is 0.290 e. The number of halogens is 5. The van der Waals surface area contributed by atoms with Crippen LogP contribution in [0.1, 0.15) is 19.0 Å². The molecule has 0 spiro atoms. The van der Waals surface area contributed by atoms with E-state index in [1.807, 2.05) is 0 Å². The van der Waals surface area contributed by atoms with Crippen LogP contribution in [0.25, 0.3) is 0 Å². The molecule has 0 bridgehead atoms. The van der Waals surface area contributed by atoms with E-state index < -0.39 is 41.6 Å². The fourth-order valence-corrected chi connectivity index (χ4v) is 2.48. The average Bonchev–Trinajstić information content (AvgIpc) is 2.36. The zero-order valence-electron chi connectivity index (χ0n) is 11.2. The molecule has 21 heavy (non-hydrogen) atoms. The number of rotatable bonds is 3. The van der Waals surface area contributed by atoms with E-state index >= 15 is 0 Å². The molecule has 9 heteroatoms. The van der Waals surface area contributed by atoms with E-state index in [1.165, 1.54) is 4.90 Å². The summed E-state index contributed by atoms with van der Waals surface area (Å²) in [6.07, 6.45) is 0.625. The van der Waals surface area contributed by atoms with E-state index in [9.17, 15) is 17.6 Å². The fourth-order valence-electron chi connectivity index (χ4n) is 2.18. The summed E-state index contributed by atoms with van der Waals surface area (Å²) in [6.45, 7) is -0.186. The molecular weight excluding hydrogens is 314 g/mol. The van der Waals surface area contributed by atoms with Crippen molar-refractivity contribution in [3.8, 4) is 0 Å². The van der Waals surface area contributed by atoms with Gasteiger partial charge in [0.1, 0.15) is 11.5 Å². The maximum absolute atomic E-state index is 13.5. The Balaban J connectivity index is 2.22. The van der Waals surface area contributed by atoms with Crippen molar-refractivity contribution in [3.63, 3.8) is 0 Å². The minimum absolute atomic E-state index is 0.0175. The number of hydrogen-bond donors (Lipinski definition) is 1. The summed E-state index contributed by atoms with van der Waals surface area (Å²) < 4.78 is 53.4. The van der Waals surface area contributed by atoms with Crippen LogP contribution in [0.15, 0.2) is 6.20 Å². The highest BCUT2D eigenvalue weighted by Crippen LogP contribution is 2.36. The molecule has 1 aliphatic heterocycles. The first-order valence-corrected chi connectivity index (χ1v) is 6.67. The van der Waals surface area contributed by atoms with Gasteiger partial charge >= 0.3 is 0 Å². The smallest absolute Gasteiger partial charge is 0.290 e. The van der Waals surface area contributed by atoms with Crippen molar-refractivity contribution < 1.29 is 22.7 Å². The molecule has 2 rings (SSSR count). The number of hydrogen-bond acceptors (Lipinski definition) is 4. The highest BCUT2D eigenvalue weighted by Gasteiger charge is 2.44. The van der Waals surface area contributed by atoms with Gasteiger partial charge in [0.2, 0.25) is 0 Å². The van der Waals surface area contributed by atoms with Crippen LogP contribution in [0.4, 0.5) is 23.4 Å². The van der Waals surface area contributed by atoms with Crippen LogP contribution >= 0.6 is 11.6 Å². The molecule has 1 unspecified atom stereocenters. The van der Waals surface area contributed by atoms with Gasteiger partial charge in [-0.25, -0.2) is 18.7 Å². The molecule has 0 aromatic carbocycles. The van der Waals surface area contributed by atoms with Gasteiger partial charge in [-0.3, -0.25) is 0 Å². The molecule has 4 nitrogen and oxygen atoms in total.